The molecule has 0 N–H and O–H groups in total. The molecule has 0 saturated carbocycles. The van der Waals surface area contributed by atoms with E-state index >= 15 is 0 Å². The van der Waals surface area contributed by atoms with Crippen LogP contribution in [-0.2, 0) is 26.2 Å². The van der Waals surface area contributed by atoms with Crippen molar-refractivity contribution in [2.24, 2.45) is 11.8 Å². The van der Waals surface area contributed by atoms with Crippen LogP contribution in [0.5, 0.6) is 0 Å². The summed E-state index contributed by atoms with van der Waals surface area (Å²) in [5.74, 6) is 1.56. The van der Waals surface area contributed by atoms with Crippen molar-refractivity contribution in [3.63, 3.8) is 0 Å². The van der Waals surface area contributed by atoms with Crippen molar-refractivity contribution in [1.82, 2.24) is 0 Å². The fourth-order valence-electron chi connectivity index (χ4n) is 2.31. The van der Waals surface area contributed by atoms with Gasteiger partial charge in [0.15, 0.2) is 0 Å². The molecule has 0 spiro atoms. The molecule has 0 aromatic carbocycles. The zero-order valence-electron chi connectivity index (χ0n) is 11.1. The van der Waals surface area contributed by atoms with Crippen LogP contribution in [0.2, 0.25) is 0 Å². The molecule has 0 aromatic rings. The van der Waals surface area contributed by atoms with Gasteiger partial charge in [-0.3, -0.25) is 6.08 Å². The monoisotopic (exact) mass is 372 g/mol. The molecule has 3 aliphatic rings. The van der Waals surface area contributed by atoms with Crippen molar-refractivity contribution in [3.8, 4) is 0 Å². The molecular weight excluding hydrogens is 354 g/mol. The zero-order valence-corrected chi connectivity index (χ0v) is 15.0. The summed E-state index contributed by atoms with van der Waals surface area (Å²) in [5.41, 5.74) is 0. The van der Waals surface area contributed by atoms with E-state index < -0.39 is 0 Å². The molecule has 0 bridgehead atoms. The number of halogens is 2. The minimum Gasteiger partial charge on any atom is -1.00 e. The van der Waals surface area contributed by atoms with Gasteiger partial charge >= 0.3 is 26.2 Å². The van der Waals surface area contributed by atoms with Crippen molar-refractivity contribution in [2.75, 3.05) is 0 Å². The molecule has 0 aliphatic heterocycles. The van der Waals surface area contributed by atoms with E-state index in [1.807, 2.05) is 12.2 Å². The first kappa shape index (κ1) is 21.7. The molecule has 2 atom stereocenters. The van der Waals surface area contributed by atoms with E-state index in [1.54, 1.807) is 0 Å². The third-order valence-electron chi connectivity index (χ3n) is 3.24. The standard InChI is InChI=1S/C11H15.C5H5.2ClH.Zr/c1-2-4-7-11-9-5-8-10(11)6-3-1;1-2-4-5-3-1;;;/h3,5-7,9-11H,1-2,4,8H2;1-3H,4H2;2*1H;/q2*-1;;;+4/p-2/b6-3-;;;;. The normalized spacial score (nSPS) is 27.4. The van der Waals surface area contributed by atoms with Crippen LogP contribution in [0.15, 0.2) is 42.5 Å². The smallest absolute Gasteiger partial charge is 1.00 e. The van der Waals surface area contributed by atoms with E-state index in [1.165, 1.54) is 25.7 Å². The molecule has 0 heterocycles. The molecule has 0 fully saturated rings. The fraction of sp³-hybridized carbons (Fsp3) is 0.438. The molecule has 0 saturated heterocycles. The van der Waals surface area contributed by atoms with Crippen molar-refractivity contribution in [3.05, 3.63) is 55.0 Å². The predicted molar refractivity (Wildman–Crippen MR) is 69.6 cm³/mol. The zero-order chi connectivity index (χ0) is 11.1. The van der Waals surface area contributed by atoms with Gasteiger partial charge in [-0.2, -0.15) is 12.5 Å². The van der Waals surface area contributed by atoms with Gasteiger partial charge in [-0.05, 0) is 18.8 Å². The topological polar surface area (TPSA) is 0 Å². The van der Waals surface area contributed by atoms with Crippen LogP contribution in [0, 0.1) is 24.3 Å². The molecule has 2 unspecified atom stereocenters. The third-order valence-corrected chi connectivity index (χ3v) is 3.24. The molecule has 0 radical (unpaired) electrons. The first-order valence-corrected chi connectivity index (χ1v) is 6.35. The van der Waals surface area contributed by atoms with Crippen LogP contribution in [-0.4, -0.2) is 0 Å². The maximum atomic E-state index is 2.99. The summed E-state index contributed by atoms with van der Waals surface area (Å²) in [7, 11) is 0. The minimum atomic E-state index is 0. The maximum Gasteiger partial charge on any atom is 4.00 e. The second kappa shape index (κ2) is 13.4. The summed E-state index contributed by atoms with van der Waals surface area (Å²) < 4.78 is 0. The van der Waals surface area contributed by atoms with Gasteiger partial charge in [0.05, 0.1) is 0 Å². The Labute approximate surface area is 149 Å². The summed E-state index contributed by atoms with van der Waals surface area (Å²) in [5, 5.41) is 0. The molecule has 0 aromatic heterocycles. The van der Waals surface area contributed by atoms with Crippen molar-refractivity contribution < 1.29 is 51.0 Å². The average Bonchev–Trinajstić information content (AvgIpc) is 2.91. The van der Waals surface area contributed by atoms with E-state index in [4.69, 9.17) is 0 Å². The van der Waals surface area contributed by atoms with Gasteiger partial charge in [0.2, 0.25) is 0 Å². The molecule has 3 rings (SSSR count). The van der Waals surface area contributed by atoms with Crippen molar-refractivity contribution in [1.29, 1.82) is 0 Å². The van der Waals surface area contributed by atoms with Crippen LogP contribution < -0.4 is 24.8 Å². The summed E-state index contributed by atoms with van der Waals surface area (Å²) in [6.07, 6.45) is 27.1. The Balaban J connectivity index is 0. The van der Waals surface area contributed by atoms with E-state index in [0.29, 0.717) is 0 Å². The Bertz CT molecular complexity index is 309. The number of hydrogen-bond acceptors (Lipinski definition) is 0. The summed E-state index contributed by atoms with van der Waals surface area (Å²) in [4.78, 5) is 0. The van der Waals surface area contributed by atoms with Gasteiger partial charge in [0.25, 0.3) is 0 Å². The Morgan fingerprint density at radius 2 is 1.89 bits per heavy atom. The van der Waals surface area contributed by atoms with Gasteiger partial charge in [-0.15, -0.1) is 18.4 Å². The summed E-state index contributed by atoms with van der Waals surface area (Å²) >= 11 is 0. The Morgan fingerprint density at radius 1 is 1.05 bits per heavy atom. The first-order chi connectivity index (χ1) is 7.97. The quantitative estimate of drug-likeness (QED) is 0.355. The fourth-order valence-corrected chi connectivity index (χ4v) is 2.31. The molecule has 0 nitrogen and oxygen atoms in total. The Morgan fingerprint density at radius 3 is 2.53 bits per heavy atom. The third kappa shape index (κ3) is 8.33. The number of hydrogen-bond donors (Lipinski definition) is 0. The average molecular weight is 374 g/mol. The maximum absolute atomic E-state index is 2.99. The van der Waals surface area contributed by atoms with Crippen molar-refractivity contribution >= 4 is 0 Å². The second-order valence-electron chi connectivity index (χ2n) is 4.50. The van der Waals surface area contributed by atoms with E-state index in [9.17, 15) is 0 Å². The summed E-state index contributed by atoms with van der Waals surface area (Å²) in [6.45, 7) is 0. The molecule has 102 valence electrons. The SMILES string of the molecule is C1=CC2[CH-]CCC/C=C\C2C1.[C-]1=CC=CC1.[Cl-].[Cl-].[Zr+4]. The van der Waals surface area contributed by atoms with Gasteiger partial charge < -0.3 is 31.2 Å². The number of allylic oxidation sites excluding steroid dienone is 8. The van der Waals surface area contributed by atoms with Crippen LogP contribution in [0.4, 0.5) is 0 Å². The molecule has 19 heavy (non-hydrogen) atoms. The number of fused-ring (bicyclic) bond motifs is 1. The summed E-state index contributed by atoms with van der Waals surface area (Å²) in [6, 6.07) is 0. The van der Waals surface area contributed by atoms with E-state index in [2.05, 4.69) is 42.9 Å². The van der Waals surface area contributed by atoms with Crippen molar-refractivity contribution in [2.45, 2.75) is 32.1 Å². The molecule has 3 heteroatoms. The Hall–Kier alpha value is 0.423. The minimum absolute atomic E-state index is 0. The largest absolute Gasteiger partial charge is 4.00 e. The van der Waals surface area contributed by atoms with Crippen LogP contribution in [0.3, 0.4) is 0 Å². The van der Waals surface area contributed by atoms with E-state index in [-0.39, 0.29) is 51.0 Å². The Kier molecular flexibility index (Phi) is 15.3. The number of rotatable bonds is 0. The predicted octanol–water partition coefficient (Wildman–Crippen LogP) is -1.57. The van der Waals surface area contributed by atoms with Gasteiger partial charge in [0.1, 0.15) is 0 Å². The van der Waals surface area contributed by atoms with Crippen LogP contribution >= 0.6 is 0 Å². The van der Waals surface area contributed by atoms with E-state index in [0.717, 1.165) is 18.3 Å². The molecule has 3 aliphatic carbocycles. The van der Waals surface area contributed by atoms with Crippen LogP contribution in [0.1, 0.15) is 32.1 Å². The molecule has 0 amide bonds. The van der Waals surface area contributed by atoms with Gasteiger partial charge in [-0.1, -0.05) is 24.6 Å². The second-order valence-corrected chi connectivity index (χ2v) is 4.50. The molecular formula is C16H20Cl2Zr. The van der Waals surface area contributed by atoms with Crippen LogP contribution in [0.25, 0.3) is 0 Å². The van der Waals surface area contributed by atoms with Gasteiger partial charge in [0, 0.05) is 0 Å². The van der Waals surface area contributed by atoms with Gasteiger partial charge in [-0.25, -0.2) is 12.2 Å². The first-order valence-electron chi connectivity index (χ1n) is 6.35.